The zero-order valence-electron chi connectivity index (χ0n) is 21.6. The van der Waals surface area contributed by atoms with Crippen molar-refractivity contribution in [2.24, 2.45) is 5.92 Å². The average molecular weight is 527 g/mol. The molecule has 36 heavy (non-hydrogen) atoms. The Kier molecular flexibility index (Phi) is 8.51. The molecular weight excluding hydrogens is 492 g/mol. The van der Waals surface area contributed by atoms with E-state index in [-0.39, 0.29) is 17.6 Å². The SMILES string of the molecule is CCOC(=O)c1c(NC(=O)CSc2nnc(-c3ccc(C(C)C)cc3)n2CC)sc2c1CCC(C)C2. The Hall–Kier alpha value is -2.65. The van der Waals surface area contributed by atoms with Crippen molar-refractivity contribution in [3.63, 3.8) is 0 Å². The maximum atomic E-state index is 12.9. The van der Waals surface area contributed by atoms with E-state index < -0.39 is 0 Å². The molecule has 192 valence electrons. The van der Waals surface area contributed by atoms with E-state index in [4.69, 9.17) is 4.74 Å². The van der Waals surface area contributed by atoms with Crippen LogP contribution in [0.5, 0.6) is 0 Å². The molecule has 1 atom stereocenters. The molecule has 1 aromatic carbocycles. The van der Waals surface area contributed by atoms with E-state index >= 15 is 0 Å². The van der Waals surface area contributed by atoms with Crippen LogP contribution in [0.2, 0.25) is 0 Å². The van der Waals surface area contributed by atoms with Gasteiger partial charge in [0, 0.05) is 17.0 Å². The third kappa shape index (κ3) is 5.67. The summed E-state index contributed by atoms with van der Waals surface area (Å²) < 4.78 is 7.34. The molecule has 1 unspecified atom stereocenters. The van der Waals surface area contributed by atoms with E-state index in [2.05, 4.69) is 60.6 Å². The number of hydrogen-bond acceptors (Lipinski definition) is 7. The fourth-order valence-electron chi connectivity index (χ4n) is 4.46. The van der Waals surface area contributed by atoms with Crippen molar-refractivity contribution in [2.45, 2.75) is 71.5 Å². The molecule has 3 aromatic rings. The molecular formula is C27H34N4O3S2. The monoisotopic (exact) mass is 526 g/mol. The molecule has 1 aliphatic carbocycles. The van der Waals surface area contributed by atoms with Gasteiger partial charge < -0.3 is 14.6 Å². The third-order valence-corrected chi connectivity index (χ3v) is 8.58. The van der Waals surface area contributed by atoms with Crippen LogP contribution >= 0.6 is 23.1 Å². The number of nitrogens with one attached hydrogen (secondary N) is 1. The van der Waals surface area contributed by atoms with Crippen LogP contribution in [0.15, 0.2) is 29.4 Å². The first-order valence-corrected chi connectivity index (χ1v) is 14.4. The Labute approximate surface area is 221 Å². The number of aromatic nitrogens is 3. The number of amides is 1. The van der Waals surface area contributed by atoms with Crippen LogP contribution < -0.4 is 5.32 Å². The van der Waals surface area contributed by atoms with Crippen molar-refractivity contribution in [1.82, 2.24) is 14.8 Å². The zero-order valence-corrected chi connectivity index (χ0v) is 23.2. The van der Waals surface area contributed by atoms with E-state index in [9.17, 15) is 9.59 Å². The van der Waals surface area contributed by atoms with Gasteiger partial charge in [-0.3, -0.25) is 4.79 Å². The van der Waals surface area contributed by atoms with Gasteiger partial charge in [0.2, 0.25) is 5.91 Å². The molecule has 7 nitrogen and oxygen atoms in total. The van der Waals surface area contributed by atoms with E-state index in [0.717, 1.165) is 36.2 Å². The summed E-state index contributed by atoms with van der Waals surface area (Å²) in [7, 11) is 0. The summed E-state index contributed by atoms with van der Waals surface area (Å²) in [6.07, 6.45) is 2.80. The number of anilines is 1. The molecule has 0 aliphatic heterocycles. The number of esters is 1. The first-order chi connectivity index (χ1) is 17.3. The molecule has 0 saturated carbocycles. The van der Waals surface area contributed by atoms with E-state index in [1.807, 2.05) is 11.5 Å². The summed E-state index contributed by atoms with van der Waals surface area (Å²) in [6, 6.07) is 8.39. The number of thioether (sulfide) groups is 1. The lowest BCUT2D eigenvalue weighted by Crippen LogP contribution is -2.18. The molecule has 1 amide bonds. The number of nitrogens with zero attached hydrogens (tertiary/aromatic N) is 3. The van der Waals surface area contributed by atoms with Gasteiger partial charge in [0.15, 0.2) is 11.0 Å². The van der Waals surface area contributed by atoms with Gasteiger partial charge in [-0.15, -0.1) is 21.5 Å². The van der Waals surface area contributed by atoms with Crippen LogP contribution in [0.25, 0.3) is 11.4 Å². The van der Waals surface area contributed by atoms with Gasteiger partial charge in [-0.05, 0) is 56.1 Å². The highest BCUT2D eigenvalue weighted by molar-refractivity contribution is 7.99. The molecule has 1 N–H and O–H groups in total. The highest BCUT2D eigenvalue weighted by atomic mass is 32.2. The van der Waals surface area contributed by atoms with E-state index in [0.29, 0.717) is 40.7 Å². The Morgan fingerprint density at radius 2 is 1.97 bits per heavy atom. The number of hydrogen-bond donors (Lipinski definition) is 1. The Morgan fingerprint density at radius 1 is 1.22 bits per heavy atom. The van der Waals surface area contributed by atoms with E-state index in [1.54, 1.807) is 6.92 Å². The van der Waals surface area contributed by atoms with Gasteiger partial charge in [0.1, 0.15) is 5.00 Å². The van der Waals surface area contributed by atoms with Crippen molar-refractivity contribution in [2.75, 3.05) is 17.7 Å². The first-order valence-electron chi connectivity index (χ1n) is 12.6. The normalized spacial score (nSPS) is 15.1. The third-order valence-electron chi connectivity index (χ3n) is 6.45. The first kappa shape index (κ1) is 26.4. The minimum atomic E-state index is -0.355. The van der Waals surface area contributed by atoms with E-state index in [1.165, 1.54) is 33.5 Å². The molecule has 0 bridgehead atoms. The van der Waals surface area contributed by atoms with Crippen LogP contribution in [0, 0.1) is 5.92 Å². The smallest absolute Gasteiger partial charge is 0.341 e. The molecule has 9 heteroatoms. The van der Waals surface area contributed by atoms with Crippen LogP contribution in [-0.2, 0) is 28.9 Å². The summed E-state index contributed by atoms with van der Waals surface area (Å²) in [5, 5.41) is 13.0. The standard InChI is InChI=1S/C27H34N4O3S2/c1-6-31-24(19-11-9-18(10-12-19)16(3)4)29-30-27(31)35-15-22(32)28-25-23(26(33)34-7-2)20-13-8-17(5)14-21(20)36-25/h9-12,16-17H,6-8,13-15H2,1-5H3,(H,28,32). The van der Waals surface area contributed by atoms with Crippen molar-refractivity contribution in [3.8, 4) is 11.4 Å². The summed E-state index contributed by atoms with van der Waals surface area (Å²) in [5.41, 5.74) is 3.85. The quantitative estimate of drug-likeness (QED) is 0.265. The minimum absolute atomic E-state index is 0.172. The van der Waals surface area contributed by atoms with Crippen molar-refractivity contribution >= 4 is 40.0 Å². The highest BCUT2D eigenvalue weighted by Gasteiger charge is 2.29. The van der Waals surface area contributed by atoms with Crippen molar-refractivity contribution < 1.29 is 14.3 Å². The fourth-order valence-corrected chi connectivity index (χ4v) is 6.68. The largest absolute Gasteiger partial charge is 0.462 e. The summed E-state index contributed by atoms with van der Waals surface area (Å²) in [6.45, 7) is 11.4. The Bertz CT molecular complexity index is 1230. The summed E-state index contributed by atoms with van der Waals surface area (Å²) in [5.74, 6) is 1.47. The van der Waals surface area contributed by atoms with Gasteiger partial charge in [-0.1, -0.05) is 56.8 Å². The number of benzene rings is 1. The van der Waals surface area contributed by atoms with Gasteiger partial charge in [-0.2, -0.15) is 0 Å². The molecule has 0 saturated heterocycles. The molecule has 0 fully saturated rings. The number of carbonyl (C=O) groups is 2. The van der Waals surface area contributed by atoms with Crippen LogP contribution in [0.4, 0.5) is 5.00 Å². The lowest BCUT2D eigenvalue weighted by atomic mass is 9.88. The van der Waals surface area contributed by atoms with Gasteiger partial charge in [0.05, 0.1) is 17.9 Å². The molecule has 0 spiro atoms. The lowest BCUT2D eigenvalue weighted by molar-refractivity contribution is -0.113. The zero-order chi connectivity index (χ0) is 25.8. The van der Waals surface area contributed by atoms with Crippen molar-refractivity contribution in [3.05, 3.63) is 45.8 Å². The predicted molar refractivity (Wildman–Crippen MR) is 146 cm³/mol. The Balaban J connectivity index is 1.48. The molecule has 0 radical (unpaired) electrons. The van der Waals surface area contributed by atoms with Gasteiger partial charge in [0.25, 0.3) is 0 Å². The number of fused-ring (bicyclic) bond motifs is 1. The lowest BCUT2D eigenvalue weighted by Gasteiger charge is -2.18. The molecule has 4 rings (SSSR count). The summed E-state index contributed by atoms with van der Waals surface area (Å²) in [4.78, 5) is 26.8. The number of ether oxygens (including phenoxy) is 1. The maximum Gasteiger partial charge on any atom is 0.341 e. The molecule has 2 aromatic heterocycles. The number of rotatable bonds is 9. The number of carbonyl (C=O) groups excluding carboxylic acids is 2. The molecule has 1 aliphatic rings. The second kappa shape index (κ2) is 11.6. The topological polar surface area (TPSA) is 86.1 Å². The van der Waals surface area contributed by atoms with Crippen LogP contribution in [0.1, 0.15) is 73.3 Å². The highest BCUT2D eigenvalue weighted by Crippen LogP contribution is 2.40. The minimum Gasteiger partial charge on any atom is -0.462 e. The van der Waals surface area contributed by atoms with Gasteiger partial charge in [-0.25, -0.2) is 4.79 Å². The summed E-state index contributed by atoms with van der Waals surface area (Å²) >= 11 is 2.85. The average Bonchev–Trinajstić information content (AvgIpc) is 3.43. The fraction of sp³-hybridized carbons (Fsp3) is 0.481. The number of thiophene rings is 1. The van der Waals surface area contributed by atoms with Crippen molar-refractivity contribution in [1.29, 1.82) is 0 Å². The molecule has 2 heterocycles. The maximum absolute atomic E-state index is 12.9. The predicted octanol–water partition coefficient (Wildman–Crippen LogP) is 6.18. The van der Waals surface area contributed by atoms with Crippen LogP contribution in [0.3, 0.4) is 0 Å². The second-order valence-electron chi connectivity index (χ2n) is 9.44. The van der Waals surface area contributed by atoms with Crippen LogP contribution in [-0.4, -0.2) is 39.0 Å². The van der Waals surface area contributed by atoms with Gasteiger partial charge >= 0.3 is 5.97 Å². The second-order valence-corrected chi connectivity index (χ2v) is 11.5. The Morgan fingerprint density at radius 3 is 2.64 bits per heavy atom.